The van der Waals surface area contributed by atoms with E-state index in [1.165, 1.54) is 0 Å². The summed E-state index contributed by atoms with van der Waals surface area (Å²) < 4.78 is 52.1. The quantitative estimate of drug-likeness (QED) is 0.106. The summed E-state index contributed by atoms with van der Waals surface area (Å²) in [5, 5.41) is 17.4. The molecule has 6 N–H and O–H groups in total. The summed E-state index contributed by atoms with van der Waals surface area (Å²) in [4.78, 5) is 14.4. The van der Waals surface area contributed by atoms with E-state index in [-0.39, 0.29) is 19.1 Å². The zero-order chi connectivity index (χ0) is 21.7. The second-order valence-electron chi connectivity index (χ2n) is 7.84. The van der Waals surface area contributed by atoms with Gasteiger partial charge in [-0.15, -0.1) is 14.2 Å². The van der Waals surface area contributed by atoms with Crippen molar-refractivity contribution < 1.29 is 42.0 Å². The van der Waals surface area contributed by atoms with E-state index >= 15 is 0 Å². The van der Waals surface area contributed by atoms with Crippen LogP contribution in [0.3, 0.4) is 0 Å². The average molecular weight is 468 g/mol. The van der Waals surface area contributed by atoms with Gasteiger partial charge in [-0.05, 0) is 12.3 Å². The monoisotopic (exact) mass is 468 g/mol. The molecule has 4 rings (SSSR count). The predicted octanol–water partition coefficient (Wildman–Crippen LogP) is -0.0153. The lowest BCUT2D eigenvalue weighted by Crippen LogP contribution is -2.38. The molecule has 3 unspecified atom stereocenters. The molecule has 14 nitrogen and oxygen atoms in total. The first-order valence-corrected chi connectivity index (χ1v) is 11.9. The minimum absolute atomic E-state index is 0.174. The highest BCUT2D eigenvalue weighted by Gasteiger charge is 2.74. The Bertz CT molecular complexity index is 802. The van der Waals surface area contributed by atoms with Crippen LogP contribution in [-0.2, 0) is 32.0 Å². The molecule has 0 amide bonds. The van der Waals surface area contributed by atoms with Gasteiger partial charge in [-0.2, -0.15) is 0 Å². The van der Waals surface area contributed by atoms with Crippen molar-refractivity contribution in [1.82, 2.24) is 0 Å². The third-order valence-electron chi connectivity index (χ3n) is 6.25. The lowest BCUT2D eigenvalue weighted by Gasteiger charge is -2.24. The molecule has 168 valence electrons. The SMILES string of the molecule is C[C@H]1[C@H]2OP(=O)(O)OCC34C[C@@H]3[C@@H](N=CN)[C@H](O)[C@@H]4O[P+](=O)OC[C@H]1O[C@H]2N=NN. The molecule has 0 aromatic rings. The molecule has 2 saturated heterocycles. The Morgan fingerprint density at radius 3 is 2.87 bits per heavy atom. The van der Waals surface area contributed by atoms with Crippen molar-refractivity contribution in [3.8, 4) is 0 Å². The van der Waals surface area contributed by atoms with E-state index in [9.17, 15) is 19.1 Å². The lowest BCUT2D eigenvalue weighted by molar-refractivity contribution is -0.0328. The summed E-state index contributed by atoms with van der Waals surface area (Å²) in [5.74, 6) is 4.36. The van der Waals surface area contributed by atoms with Crippen molar-refractivity contribution in [2.45, 2.75) is 50.0 Å². The van der Waals surface area contributed by atoms with Gasteiger partial charge in [0.2, 0.25) is 0 Å². The van der Waals surface area contributed by atoms with Crippen molar-refractivity contribution >= 4 is 22.4 Å². The minimum Gasteiger partial charge on any atom is -0.390 e. The fourth-order valence-electron chi connectivity index (χ4n) is 4.60. The van der Waals surface area contributed by atoms with Crippen LogP contribution in [0.2, 0.25) is 0 Å². The predicted molar refractivity (Wildman–Crippen MR) is 99.0 cm³/mol. The highest BCUT2D eigenvalue weighted by molar-refractivity contribution is 7.47. The van der Waals surface area contributed by atoms with Gasteiger partial charge >= 0.3 is 16.1 Å². The topological polar surface area (TPSA) is 210 Å². The third-order valence-corrected chi connectivity index (χ3v) is 7.98. The molecule has 0 aromatic carbocycles. The van der Waals surface area contributed by atoms with Crippen LogP contribution in [0.4, 0.5) is 0 Å². The number of rotatable bonds is 2. The van der Waals surface area contributed by atoms with E-state index in [1.54, 1.807) is 6.92 Å². The first kappa shape index (κ1) is 22.1. The van der Waals surface area contributed by atoms with Gasteiger partial charge in [0.25, 0.3) is 0 Å². The number of hydrogen-bond donors (Lipinski definition) is 4. The molecule has 16 heteroatoms. The highest BCUT2D eigenvalue weighted by Crippen LogP contribution is 2.68. The smallest absolute Gasteiger partial charge is 0.390 e. The van der Waals surface area contributed by atoms with Crippen molar-refractivity contribution in [2.24, 2.45) is 44.2 Å². The van der Waals surface area contributed by atoms with Crippen LogP contribution in [0.15, 0.2) is 15.3 Å². The normalized spacial score (nSPS) is 53.1. The number of phosphoric acid groups is 1. The summed E-state index contributed by atoms with van der Waals surface area (Å²) in [7, 11) is -7.21. The van der Waals surface area contributed by atoms with Gasteiger partial charge in [0.05, 0.1) is 25.1 Å². The Kier molecular flexibility index (Phi) is 5.99. The number of phosphoric ester groups is 1. The largest absolute Gasteiger partial charge is 0.697 e. The third kappa shape index (κ3) is 3.81. The fourth-order valence-corrected chi connectivity index (χ4v) is 6.51. The highest BCUT2D eigenvalue weighted by atomic mass is 31.2. The molecule has 1 spiro atoms. The average Bonchev–Trinajstić information content (AvgIpc) is 3.29. The zero-order valence-corrected chi connectivity index (χ0v) is 17.7. The Hall–Kier alpha value is -1.08. The molecule has 11 atom stereocenters. The van der Waals surface area contributed by atoms with Crippen LogP contribution in [-0.4, -0.2) is 66.2 Å². The van der Waals surface area contributed by atoms with E-state index < -0.39 is 64.1 Å². The van der Waals surface area contributed by atoms with Gasteiger partial charge < -0.3 is 26.3 Å². The number of aliphatic imine (C=N–C) groups is 1. The standard InChI is InChI=1S/C14H23N5O9P2/c1-6-8-3-24-29(21)27-12-10(20)9(17-5-15)7-2-14(7,12)4-25-30(22,23)28-11(6)13(26-8)18-19-16/h5-13,20H,2-4H2,1H3,(H4-,15,16,17,18,22,23)/p+1/t6-,7-,8-,9-,10+,11-,12+,13-,14?/m1/s1. The maximum Gasteiger partial charge on any atom is 0.697 e. The van der Waals surface area contributed by atoms with Crippen LogP contribution >= 0.6 is 16.1 Å². The van der Waals surface area contributed by atoms with Gasteiger partial charge in [-0.1, -0.05) is 12.1 Å². The number of nitrogens with two attached hydrogens (primary N) is 2. The second-order valence-corrected chi connectivity index (χ2v) is 10.2. The fraction of sp³-hybridized carbons (Fsp3) is 0.929. The molecule has 0 aromatic heterocycles. The van der Waals surface area contributed by atoms with Crippen molar-refractivity contribution in [2.75, 3.05) is 13.2 Å². The van der Waals surface area contributed by atoms with Gasteiger partial charge in [0.15, 0.2) is 12.3 Å². The zero-order valence-electron chi connectivity index (χ0n) is 16.0. The van der Waals surface area contributed by atoms with Crippen LogP contribution in [0, 0.1) is 17.3 Å². The summed E-state index contributed by atoms with van der Waals surface area (Å²) in [5.41, 5.74) is 4.49. The van der Waals surface area contributed by atoms with Gasteiger partial charge in [-0.25, -0.2) is 4.57 Å². The Labute approximate surface area is 172 Å². The summed E-state index contributed by atoms with van der Waals surface area (Å²) >= 11 is 0. The summed E-state index contributed by atoms with van der Waals surface area (Å²) in [6.45, 7) is 1.22. The number of nitrogens with zero attached hydrogens (tertiary/aromatic N) is 3. The molecular weight excluding hydrogens is 444 g/mol. The van der Waals surface area contributed by atoms with E-state index in [2.05, 4.69) is 15.3 Å². The molecule has 2 bridgehead atoms. The Balaban J connectivity index is 1.61. The maximum absolute atomic E-state index is 12.7. The molecular formula is C14H24N5O9P2+. The number of ether oxygens (including phenoxy) is 1. The first-order chi connectivity index (χ1) is 14.2. The van der Waals surface area contributed by atoms with Gasteiger partial charge in [0.1, 0.15) is 18.8 Å². The van der Waals surface area contributed by atoms with E-state index in [1.807, 2.05) is 0 Å². The minimum atomic E-state index is -4.57. The van der Waals surface area contributed by atoms with Crippen molar-refractivity contribution in [3.63, 3.8) is 0 Å². The van der Waals surface area contributed by atoms with Crippen molar-refractivity contribution in [1.29, 1.82) is 0 Å². The second kappa shape index (κ2) is 8.12. The summed E-state index contributed by atoms with van der Waals surface area (Å²) in [6, 6.07) is -0.618. The molecule has 2 saturated carbocycles. The van der Waals surface area contributed by atoms with Crippen molar-refractivity contribution in [3.05, 3.63) is 0 Å². The molecule has 2 aliphatic heterocycles. The Morgan fingerprint density at radius 1 is 1.40 bits per heavy atom. The van der Waals surface area contributed by atoms with E-state index in [0.717, 1.165) is 6.34 Å². The lowest BCUT2D eigenvalue weighted by atomic mass is 10.0. The molecule has 4 fully saturated rings. The Morgan fingerprint density at radius 2 is 2.17 bits per heavy atom. The number of aliphatic hydroxyl groups excluding tert-OH is 1. The van der Waals surface area contributed by atoms with Gasteiger partial charge in [-0.3, -0.25) is 14.0 Å². The number of hydrogen-bond acceptors (Lipinski definition) is 11. The summed E-state index contributed by atoms with van der Waals surface area (Å²) in [6.07, 6.45) is -3.37. The van der Waals surface area contributed by atoms with Crippen LogP contribution in [0.5, 0.6) is 0 Å². The van der Waals surface area contributed by atoms with Crippen LogP contribution in [0.1, 0.15) is 13.3 Å². The molecule has 30 heavy (non-hydrogen) atoms. The van der Waals surface area contributed by atoms with Crippen LogP contribution in [0.25, 0.3) is 0 Å². The molecule has 2 aliphatic carbocycles. The molecule has 4 aliphatic rings. The van der Waals surface area contributed by atoms with E-state index in [4.69, 9.17) is 34.4 Å². The molecule has 2 heterocycles. The van der Waals surface area contributed by atoms with Gasteiger partial charge in [0, 0.05) is 15.9 Å². The number of aliphatic hydroxyl groups is 1. The molecule has 0 radical (unpaired) electrons. The first-order valence-electron chi connectivity index (χ1n) is 9.32. The van der Waals surface area contributed by atoms with Crippen LogP contribution < -0.4 is 11.6 Å². The van der Waals surface area contributed by atoms with E-state index in [0.29, 0.717) is 6.42 Å². The number of fused-ring (bicyclic) bond motifs is 2. The maximum atomic E-state index is 12.7.